The van der Waals surface area contributed by atoms with Gasteiger partial charge in [-0.2, -0.15) is 0 Å². The van der Waals surface area contributed by atoms with Crippen molar-refractivity contribution in [2.24, 2.45) is 0 Å². The van der Waals surface area contributed by atoms with E-state index in [1.54, 1.807) is 0 Å². The van der Waals surface area contributed by atoms with Gasteiger partial charge in [0.15, 0.2) is 0 Å². The van der Waals surface area contributed by atoms with Gasteiger partial charge in [-0.05, 0) is 53.6 Å². The van der Waals surface area contributed by atoms with E-state index in [0.29, 0.717) is 19.8 Å². The van der Waals surface area contributed by atoms with Crippen molar-refractivity contribution in [3.8, 4) is 5.75 Å². The molecule has 4 aromatic carbocycles. The molecular formula is C31H36B2N2O3. The summed E-state index contributed by atoms with van der Waals surface area (Å²) < 4.78 is 18.5. The van der Waals surface area contributed by atoms with Crippen molar-refractivity contribution < 1.29 is 14.0 Å². The molecule has 0 saturated carbocycles. The van der Waals surface area contributed by atoms with Gasteiger partial charge >= 0.3 is 13.8 Å². The summed E-state index contributed by atoms with van der Waals surface area (Å²) in [6.45, 7) is 3.17. The molecule has 4 rings (SSSR count). The van der Waals surface area contributed by atoms with Gasteiger partial charge in [0.25, 0.3) is 0 Å². The lowest BCUT2D eigenvalue weighted by molar-refractivity contribution is 0.306. The Kier molecular flexibility index (Phi) is 11.0. The fraction of sp³-hybridized carbons (Fsp3) is 0.226. The molecule has 38 heavy (non-hydrogen) atoms. The van der Waals surface area contributed by atoms with E-state index >= 15 is 0 Å². The Morgan fingerprint density at radius 3 is 1.39 bits per heavy atom. The first kappa shape index (κ1) is 27.7. The summed E-state index contributed by atoms with van der Waals surface area (Å²) in [7, 11) is 3.87. The van der Waals surface area contributed by atoms with Gasteiger partial charge in [0.2, 0.25) is 0 Å². The van der Waals surface area contributed by atoms with Crippen LogP contribution in [0.2, 0.25) is 0 Å². The summed E-state index contributed by atoms with van der Waals surface area (Å²) in [4.78, 5) is 0. The zero-order valence-corrected chi connectivity index (χ0v) is 22.3. The summed E-state index contributed by atoms with van der Waals surface area (Å²) in [5, 5.41) is 6.29. The van der Waals surface area contributed by atoms with Gasteiger partial charge in [-0.1, -0.05) is 97.1 Å². The summed E-state index contributed by atoms with van der Waals surface area (Å²) in [6, 6.07) is 37.4. The molecule has 0 saturated heterocycles. The molecule has 0 aromatic heterocycles. The minimum absolute atomic E-state index is 0.0973. The molecular weight excluding hydrogens is 470 g/mol. The normalized spacial score (nSPS) is 10.8. The van der Waals surface area contributed by atoms with Crippen LogP contribution in [0, 0.1) is 0 Å². The Morgan fingerprint density at radius 1 is 0.526 bits per heavy atom. The highest BCUT2D eigenvalue weighted by atomic mass is 16.5. The molecule has 0 unspecified atom stereocenters. The first-order valence-corrected chi connectivity index (χ1v) is 13.2. The minimum atomic E-state index is -0.112. The molecule has 0 radical (unpaired) electrons. The Balaban J connectivity index is 1.38. The number of nitrogens with one attached hydrogen (secondary N) is 2. The topological polar surface area (TPSA) is 51.8 Å². The standard InChI is InChI=1S/C31H36B2N2O3/c1-34-21-23-37-32(27-9-5-3-6-10-27)29-15-13-26(14-16-29)25-36-31-19-17-30(18-20-31)33(38-24-22-35-2)28-11-7-4-8-12-28/h3-20,34-35H,21-25H2,1-2H3. The Bertz CT molecular complexity index is 1100. The van der Waals surface area contributed by atoms with E-state index in [0.717, 1.165) is 46.3 Å². The SMILES string of the molecule is CNCCOB(c1ccccc1)c1ccc(COc2ccc(B(OCCNC)c3ccccc3)cc2)cc1. The lowest BCUT2D eigenvalue weighted by Gasteiger charge is -2.16. The van der Waals surface area contributed by atoms with Crippen molar-refractivity contribution in [1.29, 1.82) is 0 Å². The first-order chi connectivity index (χ1) is 18.8. The zero-order valence-electron chi connectivity index (χ0n) is 22.3. The van der Waals surface area contributed by atoms with Crippen LogP contribution in [0.25, 0.3) is 0 Å². The third-order valence-electron chi connectivity index (χ3n) is 6.35. The van der Waals surface area contributed by atoms with Crippen LogP contribution in [-0.2, 0) is 15.9 Å². The second-order valence-corrected chi connectivity index (χ2v) is 9.13. The number of likely N-dealkylation sites (N-methyl/N-ethyl adjacent to an activating group) is 2. The molecule has 0 bridgehead atoms. The second-order valence-electron chi connectivity index (χ2n) is 9.13. The highest BCUT2D eigenvalue weighted by Crippen LogP contribution is 2.12. The summed E-state index contributed by atoms with van der Waals surface area (Å²) in [6.07, 6.45) is 0. The van der Waals surface area contributed by atoms with Gasteiger partial charge in [0, 0.05) is 26.3 Å². The van der Waals surface area contributed by atoms with E-state index in [1.165, 1.54) is 0 Å². The molecule has 0 atom stereocenters. The molecule has 0 spiro atoms. The second kappa shape index (κ2) is 15.2. The largest absolute Gasteiger partial charge is 0.489 e. The predicted octanol–water partition coefficient (Wildman–Crippen LogP) is 1.95. The monoisotopic (exact) mass is 506 g/mol. The van der Waals surface area contributed by atoms with Gasteiger partial charge in [-0.15, -0.1) is 0 Å². The smallest absolute Gasteiger partial charge is 0.361 e. The summed E-state index contributed by atoms with van der Waals surface area (Å²) in [5.74, 6) is 0.831. The average Bonchev–Trinajstić information content (AvgIpc) is 2.98. The fourth-order valence-electron chi connectivity index (χ4n) is 4.28. The number of hydrogen-bond donors (Lipinski definition) is 2. The van der Waals surface area contributed by atoms with Crippen LogP contribution < -0.4 is 37.2 Å². The van der Waals surface area contributed by atoms with Crippen LogP contribution >= 0.6 is 0 Å². The molecule has 5 nitrogen and oxygen atoms in total. The lowest BCUT2D eigenvalue weighted by atomic mass is 9.55. The molecule has 0 heterocycles. The number of ether oxygens (including phenoxy) is 1. The third-order valence-corrected chi connectivity index (χ3v) is 6.35. The fourth-order valence-corrected chi connectivity index (χ4v) is 4.28. The lowest BCUT2D eigenvalue weighted by Crippen LogP contribution is -2.46. The highest BCUT2D eigenvalue weighted by Gasteiger charge is 2.22. The van der Waals surface area contributed by atoms with E-state index in [1.807, 2.05) is 62.6 Å². The average molecular weight is 506 g/mol. The van der Waals surface area contributed by atoms with Gasteiger partial charge in [0.1, 0.15) is 12.4 Å². The van der Waals surface area contributed by atoms with Crippen molar-refractivity contribution in [3.05, 3.63) is 115 Å². The molecule has 0 fully saturated rings. The maximum absolute atomic E-state index is 6.21. The summed E-state index contributed by atoms with van der Waals surface area (Å²) >= 11 is 0. The molecule has 0 aliphatic rings. The van der Waals surface area contributed by atoms with E-state index in [-0.39, 0.29) is 13.8 Å². The van der Waals surface area contributed by atoms with Crippen molar-refractivity contribution >= 4 is 35.7 Å². The van der Waals surface area contributed by atoms with E-state index in [4.69, 9.17) is 14.0 Å². The Morgan fingerprint density at radius 2 is 0.947 bits per heavy atom. The molecule has 0 aliphatic carbocycles. The van der Waals surface area contributed by atoms with Crippen molar-refractivity contribution in [2.45, 2.75) is 6.61 Å². The molecule has 194 valence electrons. The molecule has 0 amide bonds. The number of benzene rings is 4. The van der Waals surface area contributed by atoms with Crippen LogP contribution in [0.4, 0.5) is 0 Å². The maximum atomic E-state index is 6.21. The van der Waals surface area contributed by atoms with Gasteiger partial charge in [0.05, 0.1) is 0 Å². The van der Waals surface area contributed by atoms with Crippen molar-refractivity contribution in [3.63, 3.8) is 0 Å². The molecule has 0 aliphatic heterocycles. The Hall–Kier alpha value is -3.35. The zero-order chi connectivity index (χ0) is 26.4. The van der Waals surface area contributed by atoms with Crippen LogP contribution in [0.5, 0.6) is 5.75 Å². The van der Waals surface area contributed by atoms with Crippen molar-refractivity contribution in [2.75, 3.05) is 40.4 Å². The van der Waals surface area contributed by atoms with Crippen LogP contribution in [-0.4, -0.2) is 54.2 Å². The van der Waals surface area contributed by atoms with Crippen LogP contribution in [0.15, 0.2) is 109 Å². The van der Waals surface area contributed by atoms with Gasteiger partial charge in [-0.3, -0.25) is 0 Å². The Labute approximate surface area is 227 Å². The molecule has 2 N–H and O–H groups in total. The third kappa shape index (κ3) is 8.07. The van der Waals surface area contributed by atoms with Crippen LogP contribution in [0.3, 0.4) is 0 Å². The minimum Gasteiger partial charge on any atom is -0.489 e. The number of rotatable bonds is 15. The summed E-state index contributed by atoms with van der Waals surface area (Å²) in [5.41, 5.74) is 5.63. The highest BCUT2D eigenvalue weighted by molar-refractivity contribution is 6.80. The van der Waals surface area contributed by atoms with E-state index in [2.05, 4.69) is 71.3 Å². The molecule has 4 aromatic rings. The van der Waals surface area contributed by atoms with E-state index in [9.17, 15) is 0 Å². The van der Waals surface area contributed by atoms with Crippen molar-refractivity contribution in [1.82, 2.24) is 10.6 Å². The van der Waals surface area contributed by atoms with Crippen LogP contribution in [0.1, 0.15) is 5.56 Å². The molecule has 7 heteroatoms. The quantitative estimate of drug-likeness (QED) is 0.191. The first-order valence-electron chi connectivity index (χ1n) is 13.2. The maximum Gasteiger partial charge on any atom is 0.361 e. The van der Waals surface area contributed by atoms with E-state index < -0.39 is 0 Å². The van der Waals surface area contributed by atoms with Gasteiger partial charge < -0.3 is 24.7 Å². The number of hydrogen-bond acceptors (Lipinski definition) is 5. The predicted molar refractivity (Wildman–Crippen MR) is 160 cm³/mol. The van der Waals surface area contributed by atoms with Gasteiger partial charge in [-0.25, -0.2) is 0 Å².